The monoisotopic (exact) mass is 543 g/mol. The highest BCUT2D eigenvalue weighted by Gasteiger charge is 2.33. The number of nitrogens with one attached hydrogen (secondary N) is 2. The summed E-state index contributed by atoms with van der Waals surface area (Å²) in [6.07, 6.45) is 5.94. The Morgan fingerprint density at radius 3 is 2.73 bits per heavy atom. The fourth-order valence-corrected chi connectivity index (χ4v) is 6.24. The Balaban J connectivity index is 1.31. The molecule has 2 unspecified atom stereocenters. The lowest BCUT2D eigenvalue weighted by molar-refractivity contribution is -0.119. The predicted octanol–water partition coefficient (Wildman–Crippen LogP) is 4.82. The minimum Gasteiger partial charge on any atom is -0.491 e. The van der Waals surface area contributed by atoms with Crippen LogP contribution in [0.5, 0.6) is 5.75 Å². The van der Waals surface area contributed by atoms with Crippen molar-refractivity contribution in [2.24, 2.45) is 11.8 Å². The summed E-state index contributed by atoms with van der Waals surface area (Å²) in [7, 11) is 4.28. The van der Waals surface area contributed by atoms with E-state index in [-0.39, 0.29) is 18.0 Å². The molecule has 0 radical (unpaired) electrons. The minimum atomic E-state index is -0.0526. The smallest absolute Gasteiger partial charge is 0.220 e. The van der Waals surface area contributed by atoms with E-state index in [0.717, 1.165) is 77.9 Å². The Kier molecular flexibility index (Phi) is 7.45. The summed E-state index contributed by atoms with van der Waals surface area (Å²) in [5, 5.41) is 7.81. The molecule has 1 aliphatic carbocycles. The number of aromatic nitrogens is 1. The Morgan fingerprint density at radius 2 is 2.00 bits per heavy atom. The lowest BCUT2D eigenvalue weighted by Gasteiger charge is -2.25. The van der Waals surface area contributed by atoms with E-state index in [4.69, 9.17) is 4.74 Å². The number of likely N-dealkylation sites (N-methyl/N-ethyl adjacent to an activating group) is 1. The molecule has 3 aliphatic rings. The van der Waals surface area contributed by atoms with Crippen LogP contribution in [-0.2, 0) is 17.8 Å². The summed E-state index contributed by atoms with van der Waals surface area (Å²) in [4.78, 5) is 28.4. The largest absolute Gasteiger partial charge is 0.491 e. The SMILES string of the molecule is CCCN(C)CCc1cc2c(cc1C=O)NC(c1cc3cccc(OCC4CNC(=O)C4)c3n1CC1CC1)N2C. The van der Waals surface area contributed by atoms with Gasteiger partial charge in [-0.3, -0.25) is 9.59 Å². The Labute approximate surface area is 236 Å². The van der Waals surface area contributed by atoms with Crippen LogP contribution in [0.3, 0.4) is 0 Å². The normalized spacial score (nSPS) is 20.2. The van der Waals surface area contributed by atoms with Gasteiger partial charge in [0.15, 0.2) is 0 Å². The molecule has 6 rings (SSSR count). The molecule has 2 aliphatic heterocycles. The molecule has 8 nitrogen and oxygen atoms in total. The van der Waals surface area contributed by atoms with Crippen molar-refractivity contribution >= 4 is 34.5 Å². The van der Waals surface area contributed by atoms with Crippen LogP contribution < -0.4 is 20.3 Å². The highest BCUT2D eigenvalue weighted by Crippen LogP contribution is 2.45. The number of hydrogen-bond acceptors (Lipinski definition) is 6. The van der Waals surface area contributed by atoms with Gasteiger partial charge in [-0.25, -0.2) is 0 Å². The van der Waals surface area contributed by atoms with Crippen molar-refractivity contribution in [2.75, 3.05) is 50.6 Å². The molecule has 1 aromatic heterocycles. The molecule has 2 atom stereocenters. The number of carbonyl (C=O) groups is 2. The van der Waals surface area contributed by atoms with Crippen LogP contribution in [0.25, 0.3) is 10.9 Å². The van der Waals surface area contributed by atoms with Crippen LogP contribution >= 0.6 is 0 Å². The van der Waals surface area contributed by atoms with Gasteiger partial charge in [0.25, 0.3) is 0 Å². The first-order valence-electron chi connectivity index (χ1n) is 14.8. The topological polar surface area (TPSA) is 78.8 Å². The number of ether oxygens (including phenoxy) is 1. The summed E-state index contributed by atoms with van der Waals surface area (Å²) in [6, 6.07) is 12.8. The summed E-state index contributed by atoms with van der Waals surface area (Å²) in [6.45, 7) is 6.34. The molecule has 0 bridgehead atoms. The van der Waals surface area contributed by atoms with Gasteiger partial charge in [0.05, 0.1) is 29.2 Å². The second-order valence-corrected chi connectivity index (χ2v) is 11.9. The number of amides is 1. The zero-order chi connectivity index (χ0) is 27.8. The second-order valence-electron chi connectivity index (χ2n) is 11.9. The third-order valence-corrected chi connectivity index (χ3v) is 8.68. The average Bonchev–Trinajstić information content (AvgIpc) is 3.43. The zero-order valence-electron chi connectivity index (χ0n) is 23.9. The number of anilines is 2. The van der Waals surface area contributed by atoms with Crippen molar-refractivity contribution in [2.45, 2.75) is 51.7 Å². The van der Waals surface area contributed by atoms with Gasteiger partial charge < -0.3 is 29.7 Å². The van der Waals surface area contributed by atoms with Crippen molar-refractivity contribution in [3.05, 3.63) is 53.2 Å². The fourth-order valence-electron chi connectivity index (χ4n) is 6.24. The average molecular weight is 544 g/mol. The van der Waals surface area contributed by atoms with Crippen LogP contribution in [0.15, 0.2) is 36.4 Å². The van der Waals surface area contributed by atoms with Crippen molar-refractivity contribution in [1.29, 1.82) is 0 Å². The quantitative estimate of drug-likeness (QED) is 0.319. The van der Waals surface area contributed by atoms with Crippen molar-refractivity contribution in [3.63, 3.8) is 0 Å². The fraction of sp³-hybridized carbons (Fsp3) is 0.500. The van der Waals surface area contributed by atoms with E-state index in [9.17, 15) is 9.59 Å². The predicted molar refractivity (Wildman–Crippen MR) is 159 cm³/mol. The highest BCUT2D eigenvalue weighted by molar-refractivity contribution is 5.90. The third kappa shape index (κ3) is 5.29. The van der Waals surface area contributed by atoms with Gasteiger partial charge >= 0.3 is 0 Å². The van der Waals surface area contributed by atoms with Crippen molar-refractivity contribution in [1.82, 2.24) is 14.8 Å². The Morgan fingerprint density at radius 1 is 1.15 bits per heavy atom. The molecule has 212 valence electrons. The zero-order valence-corrected chi connectivity index (χ0v) is 23.9. The molecule has 0 spiro atoms. The first-order valence-corrected chi connectivity index (χ1v) is 14.8. The molecule has 2 fully saturated rings. The van der Waals surface area contributed by atoms with Gasteiger partial charge in [-0.15, -0.1) is 0 Å². The van der Waals surface area contributed by atoms with Gasteiger partial charge in [-0.2, -0.15) is 0 Å². The van der Waals surface area contributed by atoms with Gasteiger partial charge in [0.2, 0.25) is 5.91 Å². The second kappa shape index (κ2) is 11.2. The van der Waals surface area contributed by atoms with Gasteiger partial charge in [0, 0.05) is 50.0 Å². The van der Waals surface area contributed by atoms with Gasteiger partial charge in [0.1, 0.15) is 18.2 Å². The summed E-state index contributed by atoms with van der Waals surface area (Å²) in [5.74, 6) is 1.87. The van der Waals surface area contributed by atoms with Crippen LogP contribution in [0.2, 0.25) is 0 Å². The van der Waals surface area contributed by atoms with E-state index in [1.165, 1.54) is 18.5 Å². The summed E-state index contributed by atoms with van der Waals surface area (Å²) in [5.41, 5.74) is 6.31. The van der Waals surface area contributed by atoms with Crippen LogP contribution in [0.1, 0.15) is 60.4 Å². The van der Waals surface area contributed by atoms with E-state index >= 15 is 0 Å². The molecule has 2 N–H and O–H groups in total. The van der Waals surface area contributed by atoms with Gasteiger partial charge in [-0.1, -0.05) is 19.1 Å². The molecule has 3 heterocycles. The van der Waals surface area contributed by atoms with Crippen molar-refractivity contribution in [3.8, 4) is 5.75 Å². The first kappa shape index (κ1) is 26.7. The van der Waals surface area contributed by atoms with E-state index < -0.39 is 0 Å². The molecule has 8 heteroatoms. The first-order chi connectivity index (χ1) is 19.4. The molecule has 1 saturated carbocycles. The maximum Gasteiger partial charge on any atom is 0.220 e. The summed E-state index contributed by atoms with van der Waals surface area (Å²) < 4.78 is 8.82. The number of carbonyl (C=O) groups excluding carboxylic acids is 2. The maximum atomic E-state index is 12.0. The number of para-hydroxylation sites is 1. The molecule has 40 heavy (non-hydrogen) atoms. The lowest BCUT2D eigenvalue weighted by Crippen LogP contribution is -2.26. The van der Waals surface area contributed by atoms with Crippen LogP contribution in [0.4, 0.5) is 11.4 Å². The lowest BCUT2D eigenvalue weighted by atomic mass is 10.0. The Hall–Kier alpha value is -3.52. The minimum absolute atomic E-state index is 0.0526. The van der Waals surface area contributed by atoms with E-state index in [2.05, 4.69) is 76.4 Å². The molecule has 3 aromatic rings. The number of fused-ring (bicyclic) bond motifs is 2. The standard InChI is InChI=1S/C32H41N5O3/c1-4-11-35(2)12-10-23-15-27-26(14-25(23)19-38)34-32(36(27)3)28-16-24-6-5-7-29(31(24)37(28)18-21-8-9-21)40-20-22-13-30(39)33-17-22/h5-7,14-16,19,21-22,32,34H,4,8-13,17-18,20H2,1-3H3,(H,33,39). The number of aldehydes is 1. The molecule has 1 amide bonds. The highest BCUT2D eigenvalue weighted by atomic mass is 16.5. The number of rotatable bonds is 12. The van der Waals surface area contributed by atoms with Crippen LogP contribution in [0, 0.1) is 11.8 Å². The Bertz CT molecular complexity index is 1410. The molecule has 1 saturated heterocycles. The summed E-state index contributed by atoms with van der Waals surface area (Å²) >= 11 is 0. The van der Waals surface area contributed by atoms with Gasteiger partial charge in [-0.05, 0) is 75.0 Å². The molecule has 2 aromatic carbocycles. The third-order valence-electron chi connectivity index (χ3n) is 8.68. The molecular weight excluding hydrogens is 502 g/mol. The maximum absolute atomic E-state index is 12.0. The number of benzene rings is 2. The van der Waals surface area contributed by atoms with Crippen molar-refractivity contribution < 1.29 is 14.3 Å². The van der Waals surface area contributed by atoms with Crippen LogP contribution in [-0.4, -0.2) is 62.0 Å². The number of nitrogens with zero attached hydrogens (tertiary/aromatic N) is 3. The van der Waals surface area contributed by atoms with E-state index in [0.29, 0.717) is 25.5 Å². The molecular formula is C32H41N5O3. The van der Waals surface area contributed by atoms with E-state index in [1.54, 1.807) is 0 Å². The van der Waals surface area contributed by atoms with E-state index in [1.807, 2.05) is 6.07 Å². The number of hydrogen-bond donors (Lipinski definition) is 2.